The third-order valence-electron chi connectivity index (χ3n) is 3.37. The van der Waals surface area contributed by atoms with Crippen molar-refractivity contribution < 1.29 is 24.6 Å². The third-order valence-corrected chi connectivity index (χ3v) is 4.71. The van der Waals surface area contributed by atoms with Gasteiger partial charge in [-0.1, -0.05) is 66.5 Å². The molecule has 1 saturated heterocycles. The smallest absolute Gasteiger partial charge is 0.266 e. The minimum Gasteiger partial charge on any atom is -0.550 e. The maximum atomic E-state index is 12.4. The van der Waals surface area contributed by atoms with Crippen LogP contribution < -0.4 is 10.2 Å². The largest absolute Gasteiger partial charge is 0.550 e. The maximum Gasteiger partial charge on any atom is 0.266 e. The summed E-state index contributed by atoms with van der Waals surface area (Å²) in [6, 6.07) is 7.98. The summed E-state index contributed by atoms with van der Waals surface area (Å²) in [5.74, 6) is -3.54. The number of allylic oxidation sites excluding steroid dienone is 2. The molecule has 0 N–H and O–H groups in total. The number of nitrogens with zero attached hydrogens (tertiary/aromatic N) is 1. The van der Waals surface area contributed by atoms with Gasteiger partial charge >= 0.3 is 0 Å². The Morgan fingerprint density at radius 3 is 2.52 bits per heavy atom. The van der Waals surface area contributed by atoms with Crippen LogP contribution in [-0.4, -0.2) is 33.1 Å². The number of amides is 1. The second-order valence-corrected chi connectivity index (χ2v) is 6.77. The van der Waals surface area contributed by atoms with Crippen LogP contribution in [0.2, 0.25) is 0 Å². The second-order valence-electron chi connectivity index (χ2n) is 5.09. The Hall–Kier alpha value is -2.45. The van der Waals surface area contributed by atoms with Gasteiger partial charge in [-0.05, 0) is 24.5 Å². The molecule has 130 valence electrons. The Morgan fingerprint density at radius 1 is 1.24 bits per heavy atom. The molecule has 8 heteroatoms. The summed E-state index contributed by atoms with van der Waals surface area (Å²) in [5.41, 5.74) is 0.941. The molecule has 0 radical (unpaired) electrons. The highest BCUT2D eigenvalue weighted by Gasteiger charge is 2.37. The first-order valence-corrected chi connectivity index (χ1v) is 8.52. The molecular weight excluding hydrogens is 362 g/mol. The van der Waals surface area contributed by atoms with Crippen molar-refractivity contribution in [3.05, 3.63) is 53.0 Å². The van der Waals surface area contributed by atoms with E-state index in [2.05, 4.69) is 0 Å². The van der Waals surface area contributed by atoms with Crippen molar-refractivity contribution in [3.63, 3.8) is 0 Å². The van der Waals surface area contributed by atoms with E-state index in [1.54, 1.807) is 12.2 Å². The van der Waals surface area contributed by atoms with Gasteiger partial charge in [-0.25, -0.2) is 0 Å². The highest BCUT2D eigenvalue weighted by atomic mass is 32.2. The van der Waals surface area contributed by atoms with Crippen LogP contribution in [0.3, 0.4) is 0 Å². The number of hydrogen-bond acceptors (Lipinski definition) is 7. The van der Waals surface area contributed by atoms with Crippen LogP contribution in [-0.2, 0) is 14.4 Å². The third kappa shape index (κ3) is 5.01. The number of thiocarbonyl (C=S) groups is 1. The molecule has 1 fully saturated rings. The quantitative estimate of drug-likeness (QED) is 0.492. The molecule has 0 saturated carbocycles. The normalized spacial score (nSPS) is 17.4. The molecule has 0 bridgehead atoms. The van der Waals surface area contributed by atoms with Gasteiger partial charge in [-0.2, -0.15) is 0 Å². The number of carbonyl (C=O) groups is 3. The van der Waals surface area contributed by atoms with Gasteiger partial charge in [0, 0.05) is 5.97 Å². The SMILES string of the molecule is O=C([O-])CCC(C(=O)[O-])N1C(=O)C(=CC=Cc2ccccc2)SC1=S. The number of carboxylic acids is 2. The van der Waals surface area contributed by atoms with Crippen LogP contribution in [0.25, 0.3) is 6.08 Å². The summed E-state index contributed by atoms with van der Waals surface area (Å²) in [6.07, 6.45) is 4.15. The molecule has 0 aromatic heterocycles. The van der Waals surface area contributed by atoms with E-state index < -0.39 is 30.3 Å². The molecule has 2 rings (SSSR count). The van der Waals surface area contributed by atoms with Gasteiger partial charge in [0.05, 0.1) is 16.9 Å². The van der Waals surface area contributed by atoms with E-state index in [4.69, 9.17) is 12.2 Å². The van der Waals surface area contributed by atoms with Gasteiger partial charge < -0.3 is 19.8 Å². The Morgan fingerprint density at radius 2 is 1.92 bits per heavy atom. The average molecular weight is 375 g/mol. The molecule has 0 spiro atoms. The Labute approximate surface area is 153 Å². The number of benzene rings is 1. The van der Waals surface area contributed by atoms with Crippen molar-refractivity contribution in [3.8, 4) is 0 Å². The van der Waals surface area contributed by atoms with Gasteiger partial charge in [0.2, 0.25) is 0 Å². The monoisotopic (exact) mass is 375 g/mol. The van der Waals surface area contributed by atoms with Crippen LogP contribution >= 0.6 is 24.0 Å². The Kier molecular flexibility index (Phi) is 6.49. The zero-order valence-corrected chi connectivity index (χ0v) is 14.5. The van der Waals surface area contributed by atoms with Crippen molar-refractivity contribution in [1.82, 2.24) is 4.90 Å². The lowest BCUT2D eigenvalue weighted by molar-refractivity contribution is -0.311. The van der Waals surface area contributed by atoms with E-state index in [0.29, 0.717) is 0 Å². The second kappa shape index (κ2) is 8.59. The van der Waals surface area contributed by atoms with Gasteiger partial charge in [-0.15, -0.1) is 0 Å². The Balaban J connectivity index is 2.14. The Bertz CT molecular complexity index is 758. The van der Waals surface area contributed by atoms with Gasteiger partial charge in [0.1, 0.15) is 4.32 Å². The molecule has 0 aliphatic carbocycles. The molecule has 1 amide bonds. The van der Waals surface area contributed by atoms with E-state index >= 15 is 0 Å². The van der Waals surface area contributed by atoms with Crippen LogP contribution in [0.5, 0.6) is 0 Å². The van der Waals surface area contributed by atoms with Crippen LogP contribution in [0.1, 0.15) is 18.4 Å². The van der Waals surface area contributed by atoms with E-state index in [1.165, 1.54) is 6.08 Å². The summed E-state index contributed by atoms with van der Waals surface area (Å²) in [4.78, 5) is 35.4. The van der Waals surface area contributed by atoms with Gasteiger partial charge in [0.25, 0.3) is 5.91 Å². The molecule has 1 heterocycles. The fourth-order valence-corrected chi connectivity index (χ4v) is 3.49. The summed E-state index contributed by atoms with van der Waals surface area (Å²) >= 11 is 6.02. The van der Waals surface area contributed by atoms with E-state index in [9.17, 15) is 24.6 Å². The first kappa shape index (κ1) is 18.9. The fourth-order valence-electron chi connectivity index (χ4n) is 2.18. The minimum atomic E-state index is -1.56. The molecule has 1 aliphatic rings. The van der Waals surface area contributed by atoms with Gasteiger partial charge in [-0.3, -0.25) is 9.69 Å². The number of aliphatic carboxylic acids is 2. The topological polar surface area (TPSA) is 101 Å². The number of hydrogen-bond donors (Lipinski definition) is 0. The highest BCUT2D eigenvalue weighted by molar-refractivity contribution is 8.26. The number of thioether (sulfide) groups is 1. The minimum absolute atomic E-state index is 0.0527. The molecule has 1 atom stereocenters. The van der Waals surface area contributed by atoms with Crippen molar-refractivity contribution >= 4 is 52.2 Å². The zero-order valence-electron chi connectivity index (χ0n) is 12.9. The average Bonchev–Trinajstić information content (AvgIpc) is 2.83. The predicted octanol–water partition coefficient (Wildman–Crippen LogP) is 0.0926. The molecule has 1 aromatic carbocycles. The molecular formula is C17H13NO5S2-2. The summed E-state index contributed by atoms with van der Waals surface area (Å²) in [6.45, 7) is 0. The van der Waals surface area contributed by atoms with E-state index in [1.807, 2.05) is 30.3 Å². The van der Waals surface area contributed by atoms with Crippen molar-refractivity contribution in [2.24, 2.45) is 0 Å². The number of carbonyl (C=O) groups excluding carboxylic acids is 3. The van der Waals surface area contributed by atoms with Crippen LogP contribution in [0, 0.1) is 0 Å². The lowest BCUT2D eigenvalue weighted by Gasteiger charge is -2.27. The first-order chi connectivity index (χ1) is 11.9. The highest BCUT2D eigenvalue weighted by Crippen LogP contribution is 2.33. The lowest BCUT2D eigenvalue weighted by Crippen LogP contribution is -2.50. The molecule has 1 unspecified atom stereocenters. The summed E-state index contributed by atoms with van der Waals surface area (Å²) in [7, 11) is 0. The van der Waals surface area contributed by atoms with Crippen molar-refractivity contribution in [1.29, 1.82) is 0 Å². The number of rotatable bonds is 7. The molecule has 6 nitrogen and oxygen atoms in total. The van der Waals surface area contributed by atoms with Gasteiger partial charge in [0.15, 0.2) is 0 Å². The fraction of sp³-hybridized carbons (Fsp3) is 0.176. The van der Waals surface area contributed by atoms with Crippen LogP contribution in [0.4, 0.5) is 0 Å². The molecule has 25 heavy (non-hydrogen) atoms. The standard InChI is InChI=1S/C17H15NO5S2/c19-14(20)10-9-12(16(22)23)18-15(21)13(25-17(18)24)8-4-7-11-5-2-1-3-6-11/h1-8,12H,9-10H2,(H,19,20)(H,22,23)/p-2. The lowest BCUT2D eigenvalue weighted by atomic mass is 10.1. The summed E-state index contributed by atoms with van der Waals surface area (Å²) in [5, 5.41) is 21.8. The first-order valence-electron chi connectivity index (χ1n) is 7.29. The predicted molar refractivity (Wildman–Crippen MR) is 93.6 cm³/mol. The van der Waals surface area contributed by atoms with E-state index in [0.717, 1.165) is 22.2 Å². The molecule has 1 aromatic rings. The van der Waals surface area contributed by atoms with Crippen LogP contribution in [0.15, 0.2) is 47.4 Å². The maximum absolute atomic E-state index is 12.4. The molecule has 1 aliphatic heterocycles. The number of carboxylic acid groups (broad SMARTS) is 2. The van der Waals surface area contributed by atoms with E-state index in [-0.39, 0.29) is 15.6 Å². The van der Waals surface area contributed by atoms with Crippen molar-refractivity contribution in [2.75, 3.05) is 0 Å². The van der Waals surface area contributed by atoms with Crippen molar-refractivity contribution in [2.45, 2.75) is 18.9 Å². The summed E-state index contributed by atoms with van der Waals surface area (Å²) < 4.78 is 0.0527. The zero-order chi connectivity index (χ0) is 18.4.